The van der Waals surface area contributed by atoms with Gasteiger partial charge in [0.15, 0.2) is 0 Å². The number of rotatable bonds is 4. The highest BCUT2D eigenvalue weighted by Crippen LogP contribution is 2.48. The Balaban J connectivity index is 1.41. The SMILES string of the molecule is CC(=O)NC[C@H]1CN(c2ccc(N3CCC4(CCS4)CC3)c(F)c2)C(=O)O1. The van der Waals surface area contributed by atoms with Crippen molar-refractivity contribution in [3.63, 3.8) is 0 Å². The highest BCUT2D eigenvalue weighted by molar-refractivity contribution is 8.02. The Kier molecular flexibility index (Phi) is 4.92. The van der Waals surface area contributed by atoms with Gasteiger partial charge in [0.05, 0.1) is 24.5 Å². The maximum Gasteiger partial charge on any atom is 0.414 e. The minimum atomic E-state index is -0.514. The van der Waals surface area contributed by atoms with Crippen LogP contribution in [0.5, 0.6) is 0 Å². The number of carbonyl (C=O) groups is 2. The molecule has 0 bridgehead atoms. The number of hydrogen-bond acceptors (Lipinski definition) is 5. The number of hydrogen-bond donors (Lipinski definition) is 1. The molecule has 1 atom stereocenters. The average molecular weight is 393 g/mol. The number of nitrogens with zero attached hydrogens (tertiary/aromatic N) is 2. The molecule has 0 radical (unpaired) electrons. The van der Waals surface area contributed by atoms with E-state index in [4.69, 9.17) is 4.74 Å². The molecule has 3 aliphatic heterocycles. The van der Waals surface area contributed by atoms with Crippen molar-refractivity contribution in [1.82, 2.24) is 5.32 Å². The van der Waals surface area contributed by atoms with Crippen molar-refractivity contribution in [2.24, 2.45) is 0 Å². The zero-order valence-electron chi connectivity index (χ0n) is 15.4. The Hall–Kier alpha value is -1.96. The number of halogens is 1. The highest BCUT2D eigenvalue weighted by Gasteiger charge is 2.41. The zero-order chi connectivity index (χ0) is 19.0. The minimum Gasteiger partial charge on any atom is -0.442 e. The number of amides is 2. The number of nitrogens with one attached hydrogen (secondary N) is 1. The number of ether oxygens (including phenoxy) is 1. The van der Waals surface area contributed by atoms with Gasteiger partial charge >= 0.3 is 6.09 Å². The van der Waals surface area contributed by atoms with Gasteiger partial charge in [-0.15, -0.1) is 0 Å². The van der Waals surface area contributed by atoms with Crippen molar-refractivity contribution in [3.8, 4) is 0 Å². The van der Waals surface area contributed by atoms with Gasteiger partial charge in [-0.3, -0.25) is 9.69 Å². The standard InChI is InChI=1S/C19H24FN3O3S/c1-13(24)21-11-15-12-23(18(25)26-15)14-2-3-17(16(20)10-14)22-7-4-19(5-8-22)6-9-27-19/h2-3,10,15H,4-9,11-12H2,1H3,(H,21,24)/t15-/m0/s1. The Labute approximate surface area is 162 Å². The Morgan fingerprint density at radius 1 is 1.37 bits per heavy atom. The summed E-state index contributed by atoms with van der Waals surface area (Å²) in [5, 5.41) is 2.63. The lowest BCUT2D eigenvalue weighted by Crippen LogP contribution is -2.47. The van der Waals surface area contributed by atoms with Crippen LogP contribution in [0.2, 0.25) is 0 Å². The molecule has 6 nitrogen and oxygen atoms in total. The topological polar surface area (TPSA) is 61.9 Å². The van der Waals surface area contributed by atoms with Gasteiger partial charge in [0.1, 0.15) is 11.9 Å². The van der Waals surface area contributed by atoms with Crippen LogP contribution < -0.4 is 15.1 Å². The van der Waals surface area contributed by atoms with E-state index in [9.17, 15) is 14.0 Å². The Morgan fingerprint density at radius 3 is 2.70 bits per heavy atom. The molecule has 2 amide bonds. The van der Waals surface area contributed by atoms with Crippen LogP contribution in [0, 0.1) is 5.82 Å². The van der Waals surface area contributed by atoms with Crippen LogP contribution in [0.25, 0.3) is 0 Å². The maximum atomic E-state index is 14.8. The summed E-state index contributed by atoms with van der Waals surface area (Å²) in [4.78, 5) is 26.6. The van der Waals surface area contributed by atoms with E-state index in [-0.39, 0.29) is 18.3 Å². The fraction of sp³-hybridized carbons (Fsp3) is 0.579. The maximum absolute atomic E-state index is 14.8. The lowest BCUT2D eigenvalue weighted by atomic mass is 9.91. The van der Waals surface area contributed by atoms with E-state index in [1.54, 1.807) is 12.1 Å². The van der Waals surface area contributed by atoms with Gasteiger partial charge in [0.2, 0.25) is 5.91 Å². The number of cyclic esters (lactones) is 1. The van der Waals surface area contributed by atoms with Gasteiger partial charge in [-0.1, -0.05) is 0 Å². The van der Waals surface area contributed by atoms with E-state index < -0.39 is 12.2 Å². The van der Waals surface area contributed by atoms with Crippen LogP contribution >= 0.6 is 11.8 Å². The summed E-state index contributed by atoms with van der Waals surface area (Å²) >= 11 is 2.05. The molecule has 1 aromatic carbocycles. The lowest BCUT2D eigenvalue weighted by molar-refractivity contribution is -0.119. The molecule has 146 valence electrons. The van der Waals surface area contributed by atoms with Crippen molar-refractivity contribution in [1.29, 1.82) is 0 Å². The van der Waals surface area contributed by atoms with Gasteiger partial charge in [0, 0.05) is 24.8 Å². The van der Waals surface area contributed by atoms with E-state index in [1.165, 1.54) is 30.1 Å². The normalized spacial score (nSPS) is 23.9. The third-order valence-electron chi connectivity index (χ3n) is 5.68. The molecule has 1 N–H and O–H groups in total. The molecular formula is C19H24FN3O3S. The fourth-order valence-electron chi connectivity index (χ4n) is 3.96. The first-order chi connectivity index (χ1) is 13.0. The van der Waals surface area contributed by atoms with Crippen LogP contribution in [0.1, 0.15) is 26.2 Å². The number of thioether (sulfide) groups is 1. The van der Waals surface area contributed by atoms with Gasteiger partial charge in [-0.25, -0.2) is 9.18 Å². The average Bonchev–Trinajstić information content (AvgIpc) is 2.99. The molecule has 0 unspecified atom stereocenters. The second-order valence-corrected chi connectivity index (χ2v) is 9.02. The zero-order valence-corrected chi connectivity index (χ0v) is 16.2. The second-order valence-electron chi connectivity index (χ2n) is 7.46. The molecular weight excluding hydrogens is 369 g/mol. The van der Waals surface area contributed by atoms with E-state index >= 15 is 0 Å². The Morgan fingerprint density at radius 2 is 2.11 bits per heavy atom. The first-order valence-electron chi connectivity index (χ1n) is 9.37. The van der Waals surface area contributed by atoms with Crippen molar-refractivity contribution >= 4 is 35.1 Å². The summed E-state index contributed by atoms with van der Waals surface area (Å²) in [6.45, 7) is 3.70. The van der Waals surface area contributed by atoms with Crippen LogP contribution in [0.3, 0.4) is 0 Å². The molecule has 4 rings (SSSR count). The van der Waals surface area contributed by atoms with Crippen LogP contribution in [-0.4, -0.2) is 54.8 Å². The first-order valence-corrected chi connectivity index (χ1v) is 10.4. The first kappa shape index (κ1) is 18.4. The van der Waals surface area contributed by atoms with Crippen LogP contribution in [0.4, 0.5) is 20.6 Å². The predicted octanol–water partition coefficient (Wildman–Crippen LogP) is 2.76. The number of carbonyl (C=O) groups excluding carboxylic acids is 2. The van der Waals surface area contributed by atoms with Crippen LogP contribution in [0.15, 0.2) is 18.2 Å². The summed E-state index contributed by atoms with van der Waals surface area (Å²) in [6, 6.07) is 4.92. The Bertz CT molecular complexity index is 746. The quantitative estimate of drug-likeness (QED) is 0.852. The number of benzene rings is 1. The molecule has 3 aliphatic rings. The molecule has 1 aromatic rings. The molecule has 3 saturated heterocycles. The highest BCUT2D eigenvalue weighted by atomic mass is 32.2. The summed E-state index contributed by atoms with van der Waals surface area (Å²) in [5.74, 6) is 0.754. The molecule has 0 aromatic heterocycles. The third-order valence-corrected chi connectivity index (χ3v) is 7.31. The van der Waals surface area contributed by atoms with Gasteiger partial charge in [0.25, 0.3) is 0 Å². The van der Waals surface area contributed by atoms with E-state index in [0.29, 0.717) is 22.7 Å². The summed E-state index contributed by atoms with van der Waals surface area (Å²) in [6.07, 6.45) is 2.54. The van der Waals surface area contributed by atoms with Gasteiger partial charge < -0.3 is 15.0 Å². The molecule has 0 saturated carbocycles. The van der Waals surface area contributed by atoms with E-state index in [0.717, 1.165) is 25.9 Å². The number of anilines is 2. The molecule has 1 spiro atoms. The van der Waals surface area contributed by atoms with Crippen molar-refractivity contribution in [3.05, 3.63) is 24.0 Å². The molecule has 3 fully saturated rings. The molecule has 0 aliphatic carbocycles. The summed E-state index contributed by atoms with van der Waals surface area (Å²) in [5.41, 5.74) is 1.08. The summed E-state index contributed by atoms with van der Waals surface area (Å²) < 4.78 is 20.5. The van der Waals surface area contributed by atoms with Crippen molar-refractivity contribution < 1.29 is 18.7 Å². The van der Waals surface area contributed by atoms with Crippen molar-refractivity contribution in [2.75, 3.05) is 41.7 Å². The van der Waals surface area contributed by atoms with Crippen molar-refractivity contribution in [2.45, 2.75) is 37.0 Å². The minimum absolute atomic E-state index is 0.177. The van der Waals surface area contributed by atoms with Gasteiger partial charge in [-0.05, 0) is 43.2 Å². The molecule has 27 heavy (non-hydrogen) atoms. The predicted molar refractivity (Wildman–Crippen MR) is 104 cm³/mol. The number of piperidine rings is 1. The monoisotopic (exact) mass is 393 g/mol. The van der Waals surface area contributed by atoms with Crippen LogP contribution in [-0.2, 0) is 9.53 Å². The molecule has 3 heterocycles. The van der Waals surface area contributed by atoms with Gasteiger partial charge in [-0.2, -0.15) is 11.8 Å². The van der Waals surface area contributed by atoms with E-state index in [2.05, 4.69) is 22.0 Å². The summed E-state index contributed by atoms with van der Waals surface area (Å²) in [7, 11) is 0. The third kappa shape index (κ3) is 3.72. The molecule has 8 heteroatoms. The fourth-order valence-corrected chi connectivity index (χ4v) is 5.21. The second kappa shape index (κ2) is 7.22. The lowest BCUT2D eigenvalue weighted by Gasteiger charge is -2.47. The largest absolute Gasteiger partial charge is 0.442 e. The smallest absolute Gasteiger partial charge is 0.414 e. The van der Waals surface area contributed by atoms with E-state index in [1.807, 2.05) is 0 Å².